The molecular formula is C13H23N5O. The summed E-state index contributed by atoms with van der Waals surface area (Å²) >= 11 is 0. The Bertz CT molecular complexity index is 423. The zero-order valence-electron chi connectivity index (χ0n) is 11.6. The van der Waals surface area contributed by atoms with Crippen LogP contribution < -0.4 is 16.2 Å². The maximum absolute atomic E-state index is 9.70. The van der Waals surface area contributed by atoms with Gasteiger partial charge in [-0.05, 0) is 19.8 Å². The smallest absolute Gasteiger partial charge is 0.148 e. The summed E-state index contributed by atoms with van der Waals surface area (Å²) in [5.74, 6) is 7.50. The van der Waals surface area contributed by atoms with Crippen LogP contribution in [-0.4, -0.2) is 34.3 Å². The van der Waals surface area contributed by atoms with E-state index in [2.05, 4.69) is 27.2 Å². The molecule has 0 spiro atoms. The summed E-state index contributed by atoms with van der Waals surface area (Å²) in [5, 5.41) is 9.70. The molecule has 0 aromatic carbocycles. The number of aromatic nitrogens is 2. The summed E-state index contributed by atoms with van der Waals surface area (Å²) in [5.41, 5.74) is 3.72. The van der Waals surface area contributed by atoms with Crippen molar-refractivity contribution in [2.24, 2.45) is 11.8 Å². The number of anilines is 2. The van der Waals surface area contributed by atoms with E-state index in [4.69, 9.17) is 5.84 Å². The van der Waals surface area contributed by atoms with Crippen LogP contribution in [0, 0.1) is 5.92 Å². The van der Waals surface area contributed by atoms with Crippen molar-refractivity contribution in [2.75, 3.05) is 23.4 Å². The summed E-state index contributed by atoms with van der Waals surface area (Å²) in [6.07, 6.45) is 4.18. The maximum atomic E-state index is 9.70. The van der Waals surface area contributed by atoms with Crippen molar-refractivity contribution in [3.05, 3.63) is 11.9 Å². The van der Waals surface area contributed by atoms with Gasteiger partial charge in [-0.3, -0.25) is 0 Å². The van der Waals surface area contributed by atoms with Gasteiger partial charge in [-0.2, -0.15) is 0 Å². The Hall–Kier alpha value is -1.40. The molecule has 0 aliphatic carbocycles. The number of nitrogen functional groups attached to an aromatic ring is 1. The second-order valence-corrected chi connectivity index (χ2v) is 5.15. The number of hydrogen-bond acceptors (Lipinski definition) is 6. The lowest BCUT2D eigenvalue weighted by Gasteiger charge is -2.22. The van der Waals surface area contributed by atoms with Crippen LogP contribution in [0.25, 0.3) is 0 Å². The van der Waals surface area contributed by atoms with E-state index in [9.17, 15) is 5.11 Å². The lowest BCUT2D eigenvalue weighted by atomic mass is 10.0. The third-order valence-electron chi connectivity index (χ3n) is 3.77. The third-order valence-corrected chi connectivity index (χ3v) is 3.77. The Morgan fingerprint density at radius 1 is 1.58 bits per heavy atom. The van der Waals surface area contributed by atoms with Crippen LogP contribution >= 0.6 is 0 Å². The quantitative estimate of drug-likeness (QED) is 0.542. The molecule has 1 aromatic rings. The zero-order valence-corrected chi connectivity index (χ0v) is 11.6. The molecule has 1 saturated heterocycles. The number of nitrogens with zero attached hydrogens (tertiary/aromatic N) is 3. The maximum Gasteiger partial charge on any atom is 0.148 e. The Morgan fingerprint density at radius 3 is 2.95 bits per heavy atom. The van der Waals surface area contributed by atoms with E-state index in [0.717, 1.165) is 43.7 Å². The molecule has 6 heteroatoms. The number of rotatable bonds is 5. The lowest BCUT2D eigenvalue weighted by molar-refractivity contribution is 0.136. The van der Waals surface area contributed by atoms with Gasteiger partial charge in [0, 0.05) is 24.6 Å². The van der Waals surface area contributed by atoms with Crippen molar-refractivity contribution in [1.82, 2.24) is 9.97 Å². The SMILES string of the molecule is CCCc1c(NN)ncnc1N1CCC(C(C)O)C1. The monoisotopic (exact) mass is 265 g/mol. The molecule has 1 fully saturated rings. The summed E-state index contributed by atoms with van der Waals surface area (Å²) in [7, 11) is 0. The highest BCUT2D eigenvalue weighted by Gasteiger charge is 2.28. The molecule has 6 nitrogen and oxygen atoms in total. The van der Waals surface area contributed by atoms with Crippen molar-refractivity contribution in [3.63, 3.8) is 0 Å². The molecule has 106 valence electrons. The Morgan fingerprint density at radius 2 is 2.37 bits per heavy atom. The molecule has 4 N–H and O–H groups in total. The largest absolute Gasteiger partial charge is 0.393 e. The van der Waals surface area contributed by atoms with Gasteiger partial charge in [0.1, 0.15) is 18.0 Å². The van der Waals surface area contributed by atoms with Gasteiger partial charge in [-0.25, -0.2) is 15.8 Å². The van der Waals surface area contributed by atoms with Gasteiger partial charge in [-0.15, -0.1) is 0 Å². The van der Waals surface area contributed by atoms with Gasteiger partial charge in [-0.1, -0.05) is 13.3 Å². The molecule has 19 heavy (non-hydrogen) atoms. The van der Waals surface area contributed by atoms with Gasteiger partial charge < -0.3 is 15.4 Å². The number of aliphatic hydroxyl groups excluding tert-OH is 1. The minimum absolute atomic E-state index is 0.270. The first-order valence-corrected chi connectivity index (χ1v) is 6.90. The van der Waals surface area contributed by atoms with E-state index in [1.807, 2.05) is 6.92 Å². The molecule has 1 aliphatic rings. The fourth-order valence-electron chi connectivity index (χ4n) is 2.65. The van der Waals surface area contributed by atoms with E-state index in [-0.39, 0.29) is 6.10 Å². The Labute approximate surface area is 114 Å². The normalized spacial score (nSPS) is 20.6. The average molecular weight is 265 g/mol. The highest BCUT2D eigenvalue weighted by atomic mass is 16.3. The van der Waals surface area contributed by atoms with Crippen molar-refractivity contribution < 1.29 is 5.11 Å². The van der Waals surface area contributed by atoms with Crippen LogP contribution in [0.4, 0.5) is 11.6 Å². The number of hydrazine groups is 1. The van der Waals surface area contributed by atoms with Crippen molar-refractivity contribution in [3.8, 4) is 0 Å². The van der Waals surface area contributed by atoms with Gasteiger partial charge in [0.05, 0.1) is 6.10 Å². The van der Waals surface area contributed by atoms with E-state index in [0.29, 0.717) is 11.7 Å². The van der Waals surface area contributed by atoms with Crippen LogP contribution in [0.1, 0.15) is 32.3 Å². The topological polar surface area (TPSA) is 87.3 Å². The molecule has 0 amide bonds. The first kappa shape index (κ1) is 14.0. The number of nitrogens with one attached hydrogen (secondary N) is 1. The fraction of sp³-hybridized carbons (Fsp3) is 0.692. The van der Waals surface area contributed by atoms with Crippen molar-refractivity contribution in [2.45, 2.75) is 39.2 Å². The van der Waals surface area contributed by atoms with Gasteiger partial charge in [0.15, 0.2) is 0 Å². The standard InChI is InChI=1S/C13H23N5O/c1-3-4-11-12(17-14)15-8-16-13(11)18-6-5-10(7-18)9(2)19/h8-10,19H,3-7,14H2,1-2H3,(H,15,16,17). The highest BCUT2D eigenvalue weighted by Crippen LogP contribution is 2.30. The summed E-state index contributed by atoms with van der Waals surface area (Å²) in [4.78, 5) is 10.8. The van der Waals surface area contributed by atoms with Crippen LogP contribution in [0.2, 0.25) is 0 Å². The minimum Gasteiger partial charge on any atom is -0.393 e. The summed E-state index contributed by atoms with van der Waals surface area (Å²) in [6.45, 7) is 5.75. The van der Waals surface area contributed by atoms with E-state index >= 15 is 0 Å². The Kier molecular flexibility index (Phi) is 4.55. The van der Waals surface area contributed by atoms with Crippen LogP contribution in [-0.2, 0) is 6.42 Å². The molecular weight excluding hydrogens is 242 g/mol. The first-order chi connectivity index (χ1) is 9.17. The predicted octanol–water partition coefficient (Wildman–Crippen LogP) is 0.922. The molecule has 0 radical (unpaired) electrons. The van der Waals surface area contributed by atoms with Crippen LogP contribution in [0.3, 0.4) is 0 Å². The van der Waals surface area contributed by atoms with E-state index in [1.165, 1.54) is 0 Å². The lowest BCUT2D eigenvalue weighted by Crippen LogP contribution is -2.26. The number of hydrogen-bond donors (Lipinski definition) is 3. The molecule has 2 atom stereocenters. The van der Waals surface area contributed by atoms with E-state index < -0.39 is 0 Å². The van der Waals surface area contributed by atoms with Gasteiger partial charge >= 0.3 is 0 Å². The Balaban J connectivity index is 2.24. The second-order valence-electron chi connectivity index (χ2n) is 5.15. The second kappa shape index (κ2) is 6.16. The van der Waals surface area contributed by atoms with Crippen LogP contribution in [0.5, 0.6) is 0 Å². The zero-order chi connectivity index (χ0) is 13.8. The van der Waals surface area contributed by atoms with Crippen molar-refractivity contribution in [1.29, 1.82) is 0 Å². The van der Waals surface area contributed by atoms with Gasteiger partial charge in [0.25, 0.3) is 0 Å². The van der Waals surface area contributed by atoms with E-state index in [1.54, 1.807) is 6.33 Å². The molecule has 2 rings (SSSR count). The number of nitrogens with two attached hydrogens (primary N) is 1. The minimum atomic E-state index is -0.270. The molecule has 0 bridgehead atoms. The summed E-state index contributed by atoms with van der Waals surface area (Å²) < 4.78 is 0. The van der Waals surface area contributed by atoms with Crippen LogP contribution in [0.15, 0.2) is 6.33 Å². The molecule has 0 saturated carbocycles. The molecule has 2 unspecified atom stereocenters. The molecule has 2 heterocycles. The third kappa shape index (κ3) is 2.96. The van der Waals surface area contributed by atoms with Gasteiger partial charge in [0.2, 0.25) is 0 Å². The molecule has 1 aliphatic heterocycles. The average Bonchev–Trinajstić information content (AvgIpc) is 2.89. The first-order valence-electron chi connectivity index (χ1n) is 6.90. The highest BCUT2D eigenvalue weighted by molar-refractivity contribution is 5.58. The molecule has 1 aromatic heterocycles. The fourth-order valence-corrected chi connectivity index (χ4v) is 2.65. The predicted molar refractivity (Wildman–Crippen MR) is 75.8 cm³/mol. The summed E-state index contributed by atoms with van der Waals surface area (Å²) in [6, 6.07) is 0. The number of aliphatic hydroxyl groups is 1. The van der Waals surface area contributed by atoms with Crippen molar-refractivity contribution >= 4 is 11.6 Å².